The fourth-order valence-electron chi connectivity index (χ4n) is 4.30. The highest BCUT2D eigenvalue weighted by Crippen LogP contribution is 2.44. The summed E-state index contributed by atoms with van der Waals surface area (Å²) in [5, 5.41) is 1.96. The zero-order chi connectivity index (χ0) is 21.6. The van der Waals surface area contributed by atoms with Gasteiger partial charge in [-0.15, -0.1) is 0 Å². The van der Waals surface area contributed by atoms with Crippen LogP contribution in [0.1, 0.15) is 36.6 Å². The van der Waals surface area contributed by atoms with Gasteiger partial charge in [-0.1, -0.05) is 25.1 Å². The number of esters is 1. The second-order valence-electron chi connectivity index (χ2n) is 7.39. The van der Waals surface area contributed by atoms with Crippen LogP contribution in [-0.2, 0) is 25.9 Å². The number of carbonyl (C=O) groups excluding carboxylic acids is 1. The van der Waals surface area contributed by atoms with Crippen LogP contribution in [0.4, 0.5) is 4.39 Å². The van der Waals surface area contributed by atoms with Gasteiger partial charge in [-0.2, -0.15) is 0 Å². The molecule has 0 radical (unpaired) electrons. The Morgan fingerprint density at radius 3 is 2.67 bits per heavy atom. The Bertz CT molecular complexity index is 1300. The minimum absolute atomic E-state index is 0.00244. The third-order valence-electron chi connectivity index (χ3n) is 5.61. The van der Waals surface area contributed by atoms with Crippen LogP contribution in [0.3, 0.4) is 0 Å². The maximum atomic E-state index is 14.1. The third kappa shape index (κ3) is 3.23. The Morgan fingerprint density at radius 1 is 1.20 bits per heavy atom. The molecule has 1 atom stereocenters. The van der Waals surface area contributed by atoms with Gasteiger partial charge in [-0.3, -0.25) is 4.79 Å². The summed E-state index contributed by atoms with van der Waals surface area (Å²) in [7, 11) is -3.52. The number of fused-ring (bicyclic) bond motifs is 2. The Kier molecular flexibility index (Phi) is 5.02. The van der Waals surface area contributed by atoms with Crippen LogP contribution in [0.5, 0.6) is 0 Å². The van der Waals surface area contributed by atoms with Gasteiger partial charge < -0.3 is 9.30 Å². The van der Waals surface area contributed by atoms with Gasteiger partial charge in [-0.25, -0.2) is 12.8 Å². The van der Waals surface area contributed by atoms with E-state index in [9.17, 15) is 17.6 Å². The second-order valence-corrected chi connectivity index (χ2v) is 9.15. The fraction of sp³-hybridized carbons (Fsp3) is 0.261. The summed E-state index contributed by atoms with van der Waals surface area (Å²) in [6.07, 6.45) is 0. The molecule has 1 unspecified atom stereocenters. The fourth-order valence-corrected chi connectivity index (χ4v) is 5.86. The van der Waals surface area contributed by atoms with E-state index in [0.717, 1.165) is 11.3 Å². The molecule has 0 fully saturated rings. The first kappa shape index (κ1) is 20.3. The van der Waals surface area contributed by atoms with E-state index in [4.69, 9.17) is 4.74 Å². The van der Waals surface area contributed by atoms with Gasteiger partial charge in [0.05, 0.1) is 11.5 Å². The van der Waals surface area contributed by atoms with Crippen LogP contribution in [0.15, 0.2) is 52.8 Å². The predicted molar refractivity (Wildman–Crippen MR) is 113 cm³/mol. The minimum Gasteiger partial charge on any atom is -0.465 e. The Hall–Kier alpha value is -2.93. The summed E-state index contributed by atoms with van der Waals surface area (Å²) in [5.41, 5.74) is 3.60. The van der Waals surface area contributed by atoms with Gasteiger partial charge in [0, 0.05) is 27.9 Å². The molecule has 0 aliphatic carbocycles. The number of hydrogen-bond donors (Lipinski definition) is 0. The molecule has 1 aliphatic heterocycles. The van der Waals surface area contributed by atoms with E-state index in [0.29, 0.717) is 22.0 Å². The first-order valence-electron chi connectivity index (χ1n) is 9.74. The van der Waals surface area contributed by atoms with Crippen molar-refractivity contribution in [1.29, 1.82) is 0 Å². The van der Waals surface area contributed by atoms with E-state index in [1.54, 1.807) is 41.8 Å². The number of sulfone groups is 1. The van der Waals surface area contributed by atoms with E-state index >= 15 is 0 Å². The molecule has 0 bridgehead atoms. The molecule has 1 aliphatic rings. The second kappa shape index (κ2) is 7.40. The molecule has 2 heterocycles. The smallest absolute Gasteiger partial charge is 0.325 e. The van der Waals surface area contributed by atoms with Crippen molar-refractivity contribution in [3.63, 3.8) is 0 Å². The van der Waals surface area contributed by atoms with E-state index < -0.39 is 15.7 Å². The third-order valence-corrected chi connectivity index (χ3v) is 7.15. The van der Waals surface area contributed by atoms with Crippen LogP contribution in [0.2, 0.25) is 0 Å². The summed E-state index contributed by atoms with van der Waals surface area (Å²) in [6.45, 7) is 5.79. The number of ether oxygens (including phenoxy) is 1. The molecule has 1 aromatic heterocycles. The minimum atomic E-state index is -3.52. The summed E-state index contributed by atoms with van der Waals surface area (Å²) in [6, 6.07) is 11.3. The Labute approximate surface area is 174 Å². The number of benzene rings is 2. The molecule has 30 heavy (non-hydrogen) atoms. The highest BCUT2D eigenvalue weighted by atomic mass is 32.2. The lowest BCUT2D eigenvalue weighted by atomic mass is 9.87. The van der Waals surface area contributed by atoms with Crippen molar-refractivity contribution in [1.82, 2.24) is 4.57 Å². The number of hydrogen-bond acceptors (Lipinski definition) is 4. The van der Waals surface area contributed by atoms with Crippen molar-refractivity contribution in [3.05, 3.63) is 70.5 Å². The lowest BCUT2D eigenvalue weighted by Crippen LogP contribution is -2.14. The maximum Gasteiger partial charge on any atom is 0.325 e. The quantitative estimate of drug-likeness (QED) is 0.559. The summed E-state index contributed by atoms with van der Waals surface area (Å²) in [4.78, 5) is 12.4. The number of carbonyl (C=O) groups is 1. The molecule has 3 aromatic rings. The van der Waals surface area contributed by atoms with Crippen molar-refractivity contribution in [3.8, 4) is 0 Å². The molecule has 7 heteroatoms. The van der Waals surface area contributed by atoms with Crippen LogP contribution in [0.25, 0.3) is 16.5 Å². The van der Waals surface area contributed by atoms with E-state index in [2.05, 4.69) is 0 Å². The molecular formula is C23H22FNO4S. The van der Waals surface area contributed by atoms with Crippen LogP contribution in [-0.4, -0.2) is 25.6 Å². The molecule has 0 amide bonds. The average molecular weight is 427 g/mol. The molecule has 0 spiro atoms. The van der Waals surface area contributed by atoms with Crippen LogP contribution < -0.4 is 0 Å². The van der Waals surface area contributed by atoms with Gasteiger partial charge in [0.25, 0.3) is 0 Å². The molecule has 4 rings (SSSR count). The van der Waals surface area contributed by atoms with E-state index in [1.807, 2.05) is 13.8 Å². The highest BCUT2D eigenvalue weighted by molar-refractivity contribution is 7.95. The normalized spacial score (nSPS) is 15.7. The van der Waals surface area contributed by atoms with Crippen molar-refractivity contribution < 1.29 is 22.3 Å². The standard InChI is InChI=1S/C23H22FNO4S/c1-4-29-22(26)12-25-15(3)23(18-11-16(24)9-10-20(18)25)14(2)19-13-30(27,28)21-8-6-5-7-17(19)21/h5-11,13-14H,4,12H2,1-3H3. The zero-order valence-corrected chi connectivity index (χ0v) is 17.8. The van der Waals surface area contributed by atoms with Gasteiger partial charge in [0.2, 0.25) is 9.84 Å². The zero-order valence-electron chi connectivity index (χ0n) is 17.0. The predicted octanol–water partition coefficient (Wildman–Crippen LogP) is 4.58. The molecule has 156 valence electrons. The lowest BCUT2D eigenvalue weighted by molar-refractivity contribution is -0.143. The maximum absolute atomic E-state index is 14.1. The summed E-state index contributed by atoms with van der Waals surface area (Å²) < 4.78 is 46.3. The number of allylic oxidation sites excluding steroid dienone is 1. The summed E-state index contributed by atoms with van der Waals surface area (Å²) >= 11 is 0. The molecule has 0 saturated heterocycles. The van der Waals surface area contributed by atoms with Gasteiger partial charge in [0.1, 0.15) is 12.4 Å². The number of nitrogens with zero attached hydrogens (tertiary/aromatic N) is 1. The van der Waals surface area contributed by atoms with E-state index in [-0.39, 0.29) is 29.9 Å². The molecular weight excluding hydrogens is 405 g/mol. The Morgan fingerprint density at radius 2 is 1.93 bits per heavy atom. The van der Waals surface area contributed by atoms with Gasteiger partial charge >= 0.3 is 5.97 Å². The van der Waals surface area contributed by atoms with Crippen LogP contribution >= 0.6 is 0 Å². The number of aromatic nitrogens is 1. The Balaban J connectivity index is 1.90. The van der Waals surface area contributed by atoms with Crippen molar-refractivity contribution in [2.75, 3.05) is 6.61 Å². The molecule has 0 saturated carbocycles. The number of rotatable bonds is 5. The highest BCUT2D eigenvalue weighted by Gasteiger charge is 2.32. The number of halogens is 1. The van der Waals surface area contributed by atoms with E-state index in [1.165, 1.54) is 17.5 Å². The summed E-state index contributed by atoms with van der Waals surface area (Å²) in [5.74, 6) is -1.09. The SMILES string of the molecule is CCOC(=O)Cn1c(C)c(C(C)C2=CS(=O)(=O)c3ccccc32)c2cc(F)ccc21. The van der Waals surface area contributed by atoms with Crippen molar-refractivity contribution in [2.24, 2.45) is 0 Å². The lowest BCUT2D eigenvalue weighted by Gasteiger charge is -2.16. The molecule has 2 aromatic carbocycles. The average Bonchev–Trinajstić information content (AvgIpc) is 3.12. The van der Waals surface area contributed by atoms with Crippen molar-refractivity contribution in [2.45, 2.75) is 38.1 Å². The van der Waals surface area contributed by atoms with Crippen LogP contribution in [0, 0.1) is 12.7 Å². The monoisotopic (exact) mass is 427 g/mol. The topological polar surface area (TPSA) is 65.4 Å². The van der Waals surface area contributed by atoms with Crippen molar-refractivity contribution >= 4 is 32.3 Å². The van der Waals surface area contributed by atoms with Gasteiger partial charge in [-0.05, 0) is 54.8 Å². The molecule has 0 N–H and O–H groups in total. The first-order valence-corrected chi connectivity index (χ1v) is 11.3. The first-order chi connectivity index (χ1) is 14.2. The van der Waals surface area contributed by atoms with Gasteiger partial charge in [0.15, 0.2) is 0 Å². The molecule has 5 nitrogen and oxygen atoms in total. The largest absolute Gasteiger partial charge is 0.465 e.